The van der Waals surface area contributed by atoms with Gasteiger partial charge in [-0.15, -0.1) is 0 Å². The zero-order chi connectivity index (χ0) is 7.42. The summed E-state index contributed by atoms with van der Waals surface area (Å²) < 4.78 is 4.82. The minimum absolute atomic E-state index is 0.434. The standard InChI is InChI=1S/C9H13BO/c10-11-9-4-8(9)7-3-6(7)5-1-2-5/h5-9H,1-4H2. The van der Waals surface area contributed by atoms with Crippen molar-refractivity contribution in [3.63, 3.8) is 0 Å². The lowest BCUT2D eigenvalue weighted by Gasteiger charge is -1.95. The molecule has 0 aromatic carbocycles. The quantitative estimate of drug-likeness (QED) is 0.551. The summed E-state index contributed by atoms with van der Waals surface area (Å²) >= 11 is 0. The number of hydrogen-bond donors (Lipinski definition) is 0. The van der Waals surface area contributed by atoms with E-state index < -0.39 is 0 Å². The van der Waals surface area contributed by atoms with Crippen LogP contribution >= 0.6 is 0 Å². The Kier molecular flexibility index (Phi) is 1.21. The molecule has 2 radical (unpaired) electrons. The van der Waals surface area contributed by atoms with E-state index in [2.05, 4.69) is 0 Å². The van der Waals surface area contributed by atoms with Crippen LogP contribution in [0.1, 0.15) is 25.7 Å². The molecule has 0 aromatic heterocycles. The molecule has 1 nitrogen and oxygen atoms in total. The lowest BCUT2D eigenvalue weighted by molar-refractivity contribution is 0.301. The number of rotatable bonds is 3. The first kappa shape index (κ1) is 6.53. The van der Waals surface area contributed by atoms with Gasteiger partial charge in [0.2, 0.25) is 0 Å². The Balaban J connectivity index is 1.52. The third kappa shape index (κ3) is 1.03. The van der Waals surface area contributed by atoms with Crippen LogP contribution in [0.2, 0.25) is 0 Å². The van der Waals surface area contributed by atoms with Gasteiger partial charge in [-0.1, -0.05) is 0 Å². The van der Waals surface area contributed by atoms with Gasteiger partial charge in [0.1, 0.15) is 0 Å². The van der Waals surface area contributed by atoms with E-state index in [4.69, 9.17) is 12.7 Å². The predicted molar refractivity (Wildman–Crippen MR) is 43.1 cm³/mol. The molecule has 0 aliphatic heterocycles. The Hall–Kier alpha value is 0.0249. The molecule has 58 valence electrons. The van der Waals surface area contributed by atoms with Crippen molar-refractivity contribution in [1.82, 2.24) is 0 Å². The van der Waals surface area contributed by atoms with Gasteiger partial charge in [-0.05, 0) is 49.4 Å². The van der Waals surface area contributed by atoms with E-state index >= 15 is 0 Å². The molecule has 0 spiro atoms. The van der Waals surface area contributed by atoms with Crippen molar-refractivity contribution >= 4 is 8.05 Å². The minimum Gasteiger partial charge on any atom is -0.445 e. The van der Waals surface area contributed by atoms with E-state index in [1.54, 1.807) is 0 Å². The molecule has 0 heterocycles. The largest absolute Gasteiger partial charge is 0.445 e. The summed E-state index contributed by atoms with van der Waals surface area (Å²) in [5.41, 5.74) is 0. The molecule has 0 aromatic rings. The van der Waals surface area contributed by atoms with Gasteiger partial charge in [-0.2, -0.15) is 0 Å². The predicted octanol–water partition coefficient (Wildman–Crippen LogP) is 1.52. The van der Waals surface area contributed by atoms with Crippen molar-refractivity contribution in [2.24, 2.45) is 23.7 Å². The topological polar surface area (TPSA) is 9.23 Å². The molecule has 3 aliphatic rings. The van der Waals surface area contributed by atoms with Crippen molar-refractivity contribution in [2.45, 2.75) is 31.8 Å². The maximum atomic E-state index is 5.13. The molecular weight excluding hydrogens is 135 g/mol. The average molecular weight is 148 g/mol. The maximum absolute atomic E-state index is 5.13. The SMILES string of the molecule is [B]OC1CC1C1CC1C1CC1. The molecule has 2 heteroatoms. The van der Waals surface area contributed by atoms with Crippen LogP contribution in [0.3, 0.4) is 0 Å². The second-order valence-corrected chi connectivity index (χ2v) is 4.47. The summed E-state index contributed by atoms with van der Waals surface area (Å²) in [5.74, 6) is 4.06. The van der Waals surface area contributed by atoms with E-state index in [9.17, 15) is 0 Å². The first-order chi connectivity index (χ1) is 5.40. The van der Waals surface area contributed by atoms with Crippen LogP contribution in [-0.4, -0.2) is 14.2 Å². The zero-order valence-electron chi connectivity index (χ0n) is 6.70. The molecule has 4 atom stereocenters. The summed E-state index contributed by atoms with van der Waals surface area (Å²) in [7, 11) is 5.13. The van der Waals surface area contributed by atoms with E-state index in [0.29, 0.717) is 6.10 Å². The van der Waals surface area contributed by atoms with Crippen LogP contribution in [0.5, 0.6) is 0 Å². The van der Waals surface area contributed by atoms with E-state index in [0.717, 1.165) is 23.7 Å². The van der Waals surface area contributed by atoms with Crippen molar-refractivity contribution in [1.29, 1.82) is 0 Å². The second kappa shape index (κ2) is 2.04. The van der Waals surface area contributed by atoms with Crippen LogP contribution in [-0.2, 0) is 4.65 Å². The lowest BCUT2D eigenvalue weighted by Crippen LogP contribution is -1.96. The Morgan fingerprint density at radius 1 is 1.00 bits per heavy atom. The Morgan fingerprint density at radius 2 is 1.82 bits per heavy atom. The Morgan fingerprint density at radius 3 is 2.36 bits per heavy atom. The van der Waals surface area contributed by atoms with Gasteiger partial charge in [0.15, 0.2) is 0 Å². The van der Waals surface area contributed by atoms with Crippen LogP contribution in [0, 0.1) is 23.7 Å². The summed E-state index contributed by atoms with van der Waals surface area (Å²) in [6.45, 7) is 0. The first-order valence-corrected chi connectivity index (χ1v) is 4.75. The summed E-state index contributed by atoms with van der Waals surface area (Å²) in [4.78, 5) is 0. The zero-order valence-corrected chi connectivity index (χ0v) is 6.70. The highest BCUT2D eigenvalue weighted by atomic mass is 16.4. The van der Waals surface area contributed by atoms with Gasteiger partial charge in [0.25, 0.3) is 8.05 Å². The molecule has 4 unspecified atom stereocenters. The van der Waals surface area contributed by atoms with Crippen LogP contribution in [0.15, 0.2) is 0 Å². The highest BCUT2D eigenvalue weighted by Gasteiger charge is 2.57. The van der Waals surface area contributed by atoms with E-state index in [-0.39, 0.29) is 0 Å². The maximum Gasteiger partial charge on any atom is 0.283 e. The monoisotopic (exact) mass is 148 g/mol. The van der Waals surface area contributed by atoms with Gasteiger partial charge < -0.3 is 4.65 Å². The highest BCUT2D eigenvalue weighted by molar-refractivity contribution is 5.98. The van der Waals surface area contributed by atoms with Gasteiger partial charge in [-0.3, -0.25) is 0 Å². The van der Waals surface area contributed by atoms with Crippen LogP contribution in [0.4, 0.5) is 0 Å². The fourth-order valence-electron chi connectivity index (χ4n) is 2.59. The molecule has 11 heavy (non-hydrogen) atoms. The average Bonchev–Trinajstić information content (AvgIpc) is 2.83. The van der Waals surface area contributed by atoms with Crippen LogP contribution < -0.4 is 0 Å². The fourth-order valence-corrected chi connectivity index (χ4v) is 2.59. The third-order valence-electron chi connectivity index (χ3n) is 3.62. The normalized spacial score (nSPS) is 54.2. The summed E-state index contributed by atoms with van der Waals surface area (Å²) in [6.07, 6.45) is 6.16. The molecule has 0 bridgehead atoms. The van der Waals surface area contributed by atoms with E-state index in [1.807, 2.05) is 0 Å². The highest BCUT2D eigenvalue weighted by Crippen LogP contribution is 2.62. The Bertz CT molecular complexity index is 178. The minimum atomic E-state index is 0.434. The smallest absolute Gasteiger partial charge is 0.283 e. The summed E-state index contributed by atoms with van der Waals surface area (Å²) in [6, 6.07) is 0. The molecular formula is C9H13BO. The van der Waals surface area contributed by atoms with Crippen molar-refractivity contribution in [3.8, 4) is 0 Å². The molecule has 0 saturated heterocycles. The molecule has 0 N–H and O–H groups in total. The molecule has 3 fully saturated rings. The molecule has 0 amide bonds. The number of hydrogen-bond acceptors (Lipinski definition) is 1. The molecule has 3 aliphatic carbocycles. The fraction of sp³-hybridized carbons (Fsp3) is 1.00. The summed E-state index contributed by atoms with van der Waals surface area (Å²) in [5, 5.41) is 0. The lowest BCUT2D eigenvalue weighted by atomic mass is 10.1. The first-order valence-electron chi connectivity index (χ1n) is 4.75. The van der Waals surface area contributed by atoms with Gasteiger partial charge in [-0.25, -0.2) is 0 Å². The van der Waals surface area contributed by atoms with Gasteiger partial charge in [0.05, 0.1) is 0 Å². The Labute approximate surface area is 68.9 Å². The second-order valence-electron chi connectivity index (χ2n) is 4.47. The molecule has 3 saturated carbocycles. The third-order valence-corrected chi connectivity index (χ3v) is 3.62. The van der Waals surface area contributed by atoms with Crippen LogP contribution in [0.25, 0.3) is 0 Å². The molecule has 3 rings (SSSR count). The van der Waals surface area contributed by atoms with Gasteiger partial charge in [0, 0.05) is 6.10 Å². The van der Waals surface area contributed by atoms with Crippen molar-refractivity contribution in [2.75, 3.05) is 0 Å². The van der Waals surface area contributed by atoms with E-state index in [1.165, 1.54) is 25.7 Å². The van der Waals surface area contributed by atoms with Gasteiger partial charge >= 0.3 is 0 Å². The van der Waals surface area contributed by atoms with Crippen molar-refractivity contribution < 1.29 is 4.65 Å². The van der Waals surface area contributed by atoms with Crippen molar-refractivity contribution in [3.05, 3.63) is 0 Å².